The Bertz CT molecular complexity index is 766. The molecule has 2 aromatic rings. The van der Waals surface area contributed by atoms with E-state index in [4.69, 9.17) is 16.3 Å². The maximum absolute atomic E-state index is 12.2. The Labute approximate surface area is 152 Å². The fourth-order valence-electron chi connectivity index (χ4n) is 2.14. The second kappa shape index (κ2) is 8.17. The number of carbonyl (C=O) groups is 2. The van der Waals surface area contributed by atoms with Crippen LogP contribution in [0.3, 0.4) is 0 Å². The highest BCUT2D eigenvalue weighted by Crippen LogP contribution is 2.25. The van der Waals surface area contributed by atoms with Crippen molar-refractivity contribution in [3.05, 3.63) is 63.1 Å². The minimum atomic E-state index is -1.12. The lowest BCUT2D eigenvalue weighted by molar-refractivity contribution is -0.139. The summed E-state index contributed by atoms with van der Waals surface area (Å²) in [5, 5.41) is 12.3. The fourth-order valence-corrected chi connectivity index (χ4v) is 2.82. The van der Waals surface area contributed by atoms with Crippen molar-refractivity contribution in [3.63, 3.8) is 0 Å². The van der Waals surface area contributed by atoms with Gasteiger partial charge in [0.2, 0.25) is 0 Å². The quantitative estimate of drug-likeness (QED) is 0.761. The first kappa shape index (κ1) is 18.3. The number of carboxylic acids is 1. The van der Waals surface area contributed by atoms with Crippen molar-refractivity contribution < 1.29 is 19.4 Å². The van der Waals surface area contributed by atoms with E-state index in [2.05, 4.69) is 21.2 Å². The minimum absolute atomic E-state index is 0.110. The van der Waals surface area contributed by atoms with E-state index in [-0.39, 0.29) is 6.42 Å². The van der Waals surface area contributed by atoms with Crippen LogP contribution in [0.4, 0.5) is 0 Å². The zero-order chi connectivity index (χ0) is 17.7. The summed E-state index contributed by atoms with van der Waals surface area (Å²) in [6, 6.07) is 10.7. The molecule has 126 valence electrons. The number of rotatable bonds is 6. The van der Waals surface area contributed by atoms with Gasteiger partial charge in [0, 0.05) is 16.5 Å². The summed E-state index contributed by atoms with van der Waals surface area (Å²) < 4.78 is 5.80. The summed E-state index contributed by atoms with van der Waals surface area (Å²) in [4.78, 5) is 23.7. The molecule has 0 fully saturated rings. The maximum atomic E-state index is 12.2. The van der Waals surface area contributed by atoms with Gasteiger partial charge >= 0.3 is 5.97 Å². The normalized spacial score (nSPS) is 11.6. The maximum Gasteiger partial charge on any atom is 0.326 e. The molecule has 0 saturated heterocycles. The fraction of sp³-hybridized carbons (Fsp3) is 0.176. The van der Waals surface area contributed by atoms with Crippen LogP contribution in [-0.4, -0.2) is 30.1 Å². The molecule has 0 spiro atoms. The molecule has 7 heteroatoms. The van der Waals surface area contributed by atoms with Crippen LogP contribution in [0.2, 0.25) is 5.02 Å². The third-order valence-electron chi connectivity index (χ3n) is 3.35. The number of hydrogen-bond donors (Lipinski definition) is 2. The molecule has 1 atom stereocenters. The third kappa shape index (κ3) is 4.72. The lowest BCUT2D eigenvalue weighted by atomic mass is 10.1. The van der Waals surface area contributed by atoms with Crippen molar-refractivity contribution in [1.82, 2.24) is 5.32 Å². The van der Waals surface area contributed by atoms with Crippen LogP contribution in [0.5, 0.6) is 5.75 Å². The molecule has 0 heterocycles. The third-order valence-corrected chi connectivity index (χ3v) is 4.13. The van der Waals surface area contributed by atoms with Crippen LogP contribution in [0.1, 0.15) is 15.9 Å². The summed E-state index contributed by atoms with van der Waals surface area (Å²) in [5.74, 6) is -1.07. The van der Waals surface area contributed by atoms with Crippen molar-refractivity contribution >= 4 is 39.4 Å². The van der Waals surface area contributed by atoms with E-state index in [1.807, 2.05) is 0 Å². The van der Waals surface area contributed by atoms with Gasteiger partial charge in [-0.2, -0.15) is 0 Å². The van der Waals surface area contributed by atoms with E-state index in [0.717, 1.165) is 4.47 Å². The topological polar surface area (TPSA) is 75.6 Å². The van der Waals surface area contributed by atoms with E-state index < -0.39 is 17.9 Å². The van der Waals surface area contributed by atoms with E-state index in [9.17, 15) is 14.7 Å². The molecular formula is C17H15BrClNO4. The van der Waals surface area contributed by atoms with Crippen molar-refractivity contribution in [2.45, 2.75) is 12.5 Å². The minimum Gasteiger partial charge on any atom is -0.495 e. The van der Waals surface area contributed by atoms with Crippen molar-refractivity contribution in [3.8, 4) is 5.75 Å². The van der Waals surface area contributed by atoms with Crippen LogP contribution in [0.15, 0.2) is 46.9 Å². The molecule has 1 amide bonds. The van der Waals surface area contributed by atoms with Gasteiger partial charge < -0.3 is 15.2 Å². The van der Waals surface area contributed by atoms with Crippen molar-refractivity contribution in [1.29, 1.82) is 0 Å². The molecule has 0 aliphatic carbocycles. The number of nitrogens with one attached hydrogen (secondary N) is 1. The molecule has 24 heavy (non-hydrogen) atoms. The SMILES string of the molecule is COc1ccc(C[C@@H](NC(=O)c2cccc(Br)c2)C(=O)O)cc1Cl. The number of benzene rings is 2. The van der Waals surface area contributed by atoms with Gasteiger partial charge in [-0.15, -0.1) is 0 Å². The van der Waals surface area contributed by atoms with E-state index in [1.165, 1.54) is 7.11 Å². The summed E-state index contributed by atoms with van der Waals surface area (Å²) >= 11 is 9.32. The molecule has 0 bridgehead atoms. The van der Waals surface area contributed by atoms with Gasteiger partial charge in [-0.1, -0.05) is 39.7 Å². The van der Waals surface area contributed by atoms with Gasteiger partial charge in [0.1, 0.15) is 11.8 Å². The first-order chi connectivity index (χ1) is 11.4. The molecule has 0 unspecified atom stereocenters. The van der Waals surface area contributed by atoms with E-state index in [1.54, 1.807) is 42.5 Å². The van der Waals surface area contributed by atoms with Gasteiger partial charge in [0.05, 0.1) is 12.1 Å². The van der Waals surface area contributed by atoms with E-state index >= 15 is 0 Å². The summed E-state index contributed by atoms with van der Waals surface area (Å²) in [5.41, 5.74) is 1.06. The molecule has 0 aliphatic rings. The Kier molecular flexibility index (Phi) is 6.23. The Morgan fingerprint density at radius 1 is 1.29 bits per heavy atom. The number of halogens is 2. The standard InChI is InChI=1S/C17H15BrClNO4/c1-24-15-6-5-10(7-13(15)19)8-14(17(22)23)20-16(21)11-3-2-4-12(18)9-11/h2-7,9,14H,8H2,1H3,(H,20,21)(H,22,23)/t14-/m1/s1. The lowest BCUT2D eigenvalue weighted by Gasteiger charge is -2.15. The molecule has 2 N–H and O–H groups in total. The highest BCUT2D eigenvalue weighted by molar-refractivity contribution is 9.10. The van der Waals surface area contributed by atoms with Crippen LogP contribution in [0.25, 0.3) is 0 Å². The van der Waals surface area contributed by atoms with Gasteiger partial charge in [0.15, 0.2) is 0 Å². The summed E-state index contributed by atoms with van der Waals surface area (Å²) in [7, 11) is 1.50. The Morgan fingerprint density at radius 3 is 2.62 bits per heavy atom. The second-order valence-corrected chi connectivity index (χ2v) is 6.37. The molecule has 2 rings (SSSR count). The first-order valence-corrected chi connectivity index (χ1v) is 8.19. The Morgan fingerprint density at radius 2 is 2.04 bits per heavy atom. The molecule has 0 saturated carbocycles. The van der Waals surface area contributed by atoms with Gasteiger partial charge in [-0.3, -0.25) is 4.79 Å². The highest BCUT2D eigenvalue weighted by Gasteiger charge is 2.21. The predicted octanol–water partition coefficient (Wildman–Crippen LogP) is 3.54. The molecule has 2 aromatic carbocycles. The number of methoxy groups -OCH3 is 1. The zero-order valence-corrected chi connectivity index (χ0v) is 15.1. The number of carbonyl (C=O) groups excluding carboxylic acids is 1. The average Bonchev–Trinajstić information content (AvgIpc) is 2.54. The number of ether oxygens (including phenoxy) is 1. The predicted molar refractivity (Wildman–Crippen MR) is 94.7 cm³/mol. The smallest absolute Gasteiger partial charge is 0.326 e. The van der Waals surface area contributed by atoms with Crippen LogP contribution < -0.4 is 10.1 Å². The lowest BCUT2D eigenvalue weighted by Crippen LogP contribution is -2.42. The number of amides is 1. The largest absolute Gasteiger partial charge is 0.495 e. The molecule has 0 aromatic heterocycles. The molecule has 5 nitrogen and oxygen atoms in total. The average molecular weight is 413 g/mol. The first-order valence-electron chi connectivity index (χ1n) is 7.02. The van der Waals surface area contributed by atoms with Crippen molar-refractivity contribution in [2.24, 2.45) is 0 Å². The van der Waals surface area contributed by atoms with E-state index in [0.29, 0.717) is 21.9 Å². The van der Waals surface area contributed by atoms with Crippen LogP contribution >= 0.6 is 27.5 Å². The summed E-state index contributed by atoms with van der Waals surface area (Å²) in [6.45, 7) is 0. The Balaban J connectivity index is 2.13. The molecule has 0 radical (unpaired) electrons. The molecular weight excluding hydrogens is 398 g/mol. The molecule has 0 aliphatic heterocycles. The van der Waals surface area contributed by atoms with Gasteiger partial charge in [-0.05, 0) is 35.9 Å². The number of carboxylic acid groups (broad SMARTS) is 1. The zero-order valence-electron chi connectivity index (χ0n) is 12.8. The number of aliphatic carboxylic acids is 1. The highest BCUT2D eigenvalue weighted by atomic mass is 79.9. The van der Waals surface area contributed by atoms with Crippen LogP contribution in [0, 0.1) is 0 Å². The van der Waals surface area contributed by atoms with Gasteiger partial charge in [0.25, 0.3) is 5.91 Å². The van der Waals surface area contributed by atoms with Crippen molar-refractivity contribution in [2.75, 3.05) is 7.11 Å². The summed E-state index contributed by atoms with van der Waals surface area (Å²) in [6.07, 6.45) is 0.110. The second-order valence-electron chi connectivity index (χ2n) is 5.05. The number of hydrogen-bond acceptors (Lipinski definition) is 3. The monoisotopic (exact) mass is 411 g/mol. The van der Waals surface area contributed by atoms with Gasteiger partial charge in [-0.25, -0.2) is 4.79 Å². The van der Waals surface area contributed by atoms with Crippen LogP contribution in [-0.2, 0) is 11.2 Å². The Hall–Kier alpha value is -2.05.